The molecule has 5 rings (SSSR count). The minimum absolute atomic E-state index is 0.377. The number of rotatable bonds is 6. The Morgan fingerprint density at radius 2 is 1.06 bits per heavy atom. The average molecular weight is 473 g/mol. The lowest BCUT2D eigenvalue weighted by Crippen LogP contribution is -2.69. The minimum Gasteiger partial charge on any atom is -0.298 e. The van der Waals surface area contributed by atoms with E-state index in [1.165, 1.54) is 77.0 Å². The van der Waals surface area contributed by atoms with Crippen molar-refractivity contribution in [2.75, 3.05) is 0 Å². The lowest BCUT2D eigenvalue weighted by molar-refractivity contribution is -0.194. The number of halogens is 1. The van der Waals surface area contributed by atoms with E-state index < -0.39 is 17.0 Å². The lowest BCUT2D eigenvalue weighted by atomic mass is 9.41. The van der Waals surface area contributed by atoms with Gasteiger partial charge < -0.3 is 0 Å². The van der Waals surface area contributed by atoms with Gasteiger partial charge in [-0.2, -0.15) is 0 Å². The molecule has 0 amide bonds. The van der Waals surface area contributed by atoms with Crippen molar-refractivity contribution in [3.8, 4) is 0 Å². The van der Waals surface area contributed by atoms with Gasteiger partial charge in [0.15, 0.2) is 5.78 Å². The summed E-state index contributed by atoms with van der Waals surface area (Å²) in [6.45, 7) is 4.64. The van der Waals surface area contributed by atoms with Crippen LogP contribution in [0.1, 0.15) is 142 Å². The molecule has 34 heavy (non-hydrogen) atoms. The molecule has 0 aromatic carbocycles. The van der Waals surface area contributed by atoms with Crippen LogP contribution in [0.4, 0.5) is 4.39 Å². The number of hydrogen-bond donors (Lipinski definition) is 0. The number of hydrogen-bond acceptors (Lipinski definition) is 1. The van der Waals surface area contributed by atoms with Crippen LogP contribution in [-0.4, -0.2) is 12.0 Å². The molecule has 5 saturated carbocycles. The molecule has 0 aliphatic heterocycles. The molecule has 1 nitrogen and oxygen atoms in total. The fourth-order valence-corrected chi connectivity index (χ4v) is 9.90. The smallest absolute Gasteiger partial charge is 0.151 e. The highest BCUT2D eigenvalue weighted by Gasteiger charge is 2.71. The Morgan fingerprint density at radius 1 is 0.647 bits per heavy atom. The predicted molar refractivity (Wildman–Crippen MR) is 139 cm³/mol. The third-order valence-corrected chi connectivity index (χ3v) is 12.4. The summed E-state index contributed by atoms with van der Waals surface area (Å²) >= 11 is 0. The van der Waals surface area contributed by atoms with Gasteiger partial charge in [-0.25, -0.2) is 4.39 Å². The lowest BCUT2D eigenvalue weighted by Gasteiger charge is -2.62. The second-order valence-electron chi connectivity index (χ2n) is 13.8. The first kappa shape index (κ1) is 25.3. The summed E-state index contributed by atoms with van der Waals surface area (Å²) in [5.41, 5.74) is -1.14. The van der Waals surface area contributed by atoms with Crippen molar-refractivity contribution in [2.24, 2.45) is 46.3 Å². The molecule has 194 valence electrons. The molecule has 0 saturated heterocycles. The zero-order valence-corrected chi connectivity index (χ0v) is 22.5. The van der Waals surface area contributed by atoms with E-state index in [2.05, 4.69) is 13.8 Å². The van der Waals surface area contributed by atoms with E-state index in [1.54, 1.807) is 0 Å². The molecule has 2 heteroatoms. The maximum Gasteiger partial charge on any atom is 0.151 e. The van der Waals surface area contributed by atoms with Gasteiger partial charge >= 0.3 is 0 Å². The van der Waals surface area contributed by atoms with Crippen molar-refractivity contribution >= 4 is 5.78 Å². The summed E-state index contributed by atoms with van der Waals surface area (Å²) in [6.07, 6.45) is 23.8. The fourth-order valence-electron chi connectivity index (χ4n) is 9.90. The molecule has 0 aromatic rings. The third kappa shape index (κ3) is 4.44. The number of alkyl halides is 1. The van der Waals surface area contributed by atoms with Gasteiger partial charge in [0.05, 0.1) is 10.8 Å². The summed E-state index contributed by atoms with van der Waals surface area (Å²) in [7, 11) is 0. The number of carbonyl (C=O) groups excluding carboxylic acids is 1. The fraction of sp³-hybridized carbons (Fsp3) is 0.969. The van der Waals surface area contributed by atoms with Crippen LogP contribution in [0.15, 0.2) is 0 Å². The highest BCUT2D eigenvalue weighted by molar-refractivity contribution is 5.98. The highest BCUT2D eigenvalue weighted by Crippen LogP contribution is 2.66. The second kappa shape index (κ2) is 10.5. The Balaban J connectivity index is 1.09. The summed E-state index contributed by atoms with van der Waals surface area (Å²) in [5.74, 6) is 5.53. The van der Waals surface area contributed by atoms with Gasteiger partial charge in [0.1, 0.15) is 6.17 Å². The largest absolute Gasteiger partial charge is 0.298 e. The van der Waals surface area contributed by atoms with Crippen LogP contribution in [0.5, 0.6) is 0 Å². The van der Waals surface area contributed by atoms with Crippen molar-refractivity contribution < 1.29 is 9.18 Å². The molecule has 0 radical (unpaired) electrons. The van der Waals surface area contributed by atoms with Gasteiger partial charge in [-0.05, 0) is 113 Å². The maximum absolute atomic E-state index is 16.0. The molecule has 0 bridgehead atoms. The van der Waals surface area contributed by atoms with Crippen molar-refractivity contribution in [1.82, 2.24) is 0 Å². The van der Waals surface area contributed by atoms with E-state index in [0.29, 0.717) is 5.78 Å². The summed E-state index contributed by atoms with van der Waals surface area (Å²) < 4.78 is 16.0. The Bertz CT molecular complexity index is 667. The van der Waals surface area contributed by atoms with Crippen LogP contribution >= 0.6 is 0 Å². The van der Waals surface area contributed by atoms with Crippen molar-refractivity contribution in [2.45, 2.75) is 148 Å². The normalized spacial score (nSPS) is 47.6. The first-order valence-electron chi connectivity index (χ1n) is 15.7. The van der Waals surface area contributed by atoms with Gasteiger partial charge in [-0.3, -0.25) is 4.79 Å². The van der Waals surface area contributed by atoms with Crippen molar-refractivity contribution in [1.29, 1.82) is 0 Å². The molecule has 5 aliphatic rings. The second-order valence-corrected chi connectivity index (χ2v) is 13.8. The molecule has 0 unspecified atom stereocenters. The van der Waals surface area contributed by atoms with E-state index in [9.17, 15) is 4.79 Å². The minimum atomic E-state index is -0.838. The molecule has 5 aliphatic carbocycles. The molecule has 5 fully saturated rings. The Kier molecular flexibility index (Phi) is 7.82. The van der Waals surface area contributed by atoms with E-state index in [0.717, 1.165) is 86.9 Å². The van der Waals surface area contributed by atoms with Crippen LogP contribution < -0.4 is 0 Å². The number of ketones is 1. The molecule has 0 aromatic heterocycles. The van der Waals surface area contributed by atoms with E-state index in [1.807, 2.05) is 0 Å². The van der Waals surface area contributed by atoms with Gasteiger partial charge in [0.25, 0.3) is 0 Å². The van der Waals surface area contributed by atoms with Crippen molar-refractivity contribution in [3.63, 3.8) is 0 Å². The van der Waals surface area contributed by atoms with E-state index in [4.69, 9.17) is 0 Å². The number of unbranched alkanes of at least 4 members (excludes halogenated alkanes) is 1. The summed E-state index contributed by atoms with van der Waals surface area (Å²) in [6, 6.07) is 0. The zero-order valence-electron chi connectivity index (χ0n) is 22.5. The van der Waals surface area contributed by atoms with Crippen LogP contribution in [0.3, 0.4) is 0 Å². The SMILES string of the molecule is CCCCC1CCC(C2CC[C@]3(CC2)C(=O)[C@@]2(CCC(C4CCC(CC)CC4)CC2)[C@H]3F)CC1. The average Bonchev–Trinajstić information content (AvgIpc) is 2.92. The molecular weight excluding hydrogens is 419 g/mol. The summed E-state index contributed by atoms with van der Waals surface area (Å²) in [4.78, 5) is 13.7. The highest BCUT2D eigenvalue weighted by atomic mass is 19.1. The standard InChI is InChI=1S/C32H53FO/c1-3-5-6-24-9-13-26(14-10-24)28-17-21-32(22-18-28)29(33)31(30(32)34)19-15-27(16-20-31)25-11-7-23(4-2)8-12-25/h23-29H,3-22H2,1-2H3/t23?,24?,25?,26?,27?,28?,29-,31-,32-/m1/s1. The van der Waals surface area contributed by atoms with E-state index >= 15 is 4.39 Å². The molecule has 1 atom stereocenters. The third-order valence-electron chi connectivity index (χ3n) is 12.4. The predicted octanol–water partition coefficient (Wildman–Crippen LogP) is 9.47. The molecule has 2 spiro atoms. The van der Waals surface area contributed by atoms with Gasteiger partial charge in [-0.1, -0.05) is 65.2 Å². The molecule has 0 heterocycles. The number of Topliss-reactive ketones (excluding diaryl/α,β-unsaturated/α-hetero) is 1. The van der Waals surface area contributed by atoms with Crippen LogP contribution in [0, 0.1) is 46.3 Å². The van der Waals surface area contributed by atoms with Crippen LogP contribution in [-0.2, 0) is 4.79 Å². The molecular formula is C32H53FO. The first-order valence-corrected chi connectivity index (χ1v) is 15.7. The zero-order chi connectivity index (χ0) is 23.8. The number of carbonyl (C=O) groups is 1. The Morgan fingerprint density at radius 3 is 1.44 bits per heavy atom. The topological polar surface area (TPSA) is 17.1 Å². The summed E-state index contributed by atoms with van der Waals surface area (Å²) in [5, 5.41) is 0. The van der Waals surface area contributed by atoms with Gasteiger partial charge in [0.2, 0.25) is 0 Å². The van der Waals surface area contributed by atoms with Gasteiger partial charge in [-0.15, -0.1) is 0 Å². The monoisotopic (exact) mass is 472 g/mol. The molecule has 0 N–H and O–H groups in total. The van der Waals surface area contributed by atoms with Crippen molar-refractivity contribution in [3.05, 3.63) is 0 Å². The maximum atomic E-state index is 16.0. The van der Waals surface area contributed by atoms with E-state index in [-0.39, 0.29) is 0 Å². The van der Waals surface area contributed by atoms with Crippen LogP contribution in [0.2, 0.25) is 0 Å². The Labute approximate surface area is 209 Å². The van der Waals surface area contributed by atoms with Crippen LogP contribution in [0.25, 0.3) is 0 Å². The Hall–Kier alpha value is -0.400. The van der Waals surface area contributed by atoms with Gasteiger partial charge in [0, 0.05) is 0 Å². The quantitative estimate of drug-likeness (QED) is 0.376. The first-order chi connectivity index (χ1) is 16.5.